The maximum Gasteiger partial charge on any atom is 0.323 e. The number of hydrogen-bond acceptors (Lipinski definition) is 3. The standard InChI is InChI=1S/C21H15F2N3O2/c22-16-9-17(23)11-19(10-16)26-21(27)25-18-5-1-15(2-6-18)13-28-20-7-3-14(12-24)4-8-20/h1-11H,13H2,(H2,25,26,27). The highest BCUT2D eigenvalue weighted by Gasteiger charge is 2.06. The van der Waals surface area contributed by atoms with Gasteiger partial charge in [-0.1, -0.05) is 12.1 Å². The molecule has 0 heterocycles. The highest BCUT2D eigenvalue weighted by Crippen LogP contribution is 2.17. The molecule has 0 aliphatic carbocycles. The lowest BCUT2D eigenvalue weighted by Crippen LogP contribution is -2.19. The van der Waals surface area contributed by atoms with Crippen LogP contribution in [0.4, 0.5) is 25.0 Å². The summed E-state index contributed by atoms with van der Waals surface area (Å²) in [4.78, 5) is 11.9. The van der Waals surface area contributed by atoms with E-state index in [9.17, 15) is 13.6 Å². The van der Waals surface area contributed by atoms with Crippen LogP contribution in [0.3, 0.4) is 0 Å². The zero-order chi connectivity index (χ0) is 19.9. The lowest BCUT2D eigenvalue weighted by molar-refractivity contribution is 0.262. The van der Waals surface area contributed by atoms with Crippen molar-refractivity contribution in [2.45, 2.75) is 6.61 Å². The number of carbonyl (C=O) groups excluding carboxylic acids is 1. The van der Waals surface area contributed by atoms with Crippen molar-refractivity contribution in [1.29, 1.82) is 5.26 Å². The molecule has 0 fully saturated rings. The Morgan fingerprint density at radius 3 is 2.11 bits per heavy atom. The Morgan fingerprint density at radius 1 is 0.893 bits per heavy atom. The van der Waals surface area contributed by atoms with Gasteiger partial charge in [-0.25, -0.2) is 13.6 Å². The minimum atomic E-state index is -0.776. The monoisotopic (exact) mass is 379 g/mol. The Labute approximate surface area is 160 Å². The van der Waals surface area contributed by atoms with E-state index in [0.29, 0.717) is 23.6 Å². The van der Waals surface area contributed by atoms with E-state index >= 15 is 0 Å². The topological polar surface area (TPSA) is 74.1 Å². The minimum Gasteiger partial charge on any atom is -0.489 e. The number of benzene rings is 3. The van der Waals surface area contributed by atoms with Gasteiger partial charge in [0, 0.05) is 17.4 Å². The van der Waals surface area contributed by atoms with Crippen molar-refractivity contribution < 1.29 is 18.3 Å². The quantitative estimate of drug-likeness (QED) is 0.651. The average Bonchev–Trinajstić information content (AvgIpc) is 2.67. The highest BCUT2D eigenvalue weighted by molar-refractivity contribution is 5.99. The number of urea groups is 1. The van der Waals surface area contributed by atoms with Crippen LogP contribution in [0.2, 0.25) is 0 Å². The summed E-state index contributed by atoms with van der Waals surface area (Å²) < 4.78 is 31.9. The molecule has 0 atom stereocenters. The van der Waals surface area contributed by atoms with Gasteiger partial charge >= 0.3 is 6.03 Å². The van der Waals surface area contributed by atoms with Crippen molar-refractivity contribution in [2.75, 3.05) is 10.6 Å². The molecule has 140 valence electrons. The average molecular weight is 379 g/mol. The first-order valence-electron chi connectivity index (χ1n) is 8.28. The fraction of sp³-hybridized carbons (Fsp3) is 0.0476. The van der Waals surface area contributed by atoms with E-state index in [0.717, 1.165) is 23.8 Å². The predicted molar refractivity (Wildman–Crippen MR) is 101 cm³/mol. The molecule has 7 heteroatoms. The minimum absolute atomic E-state index is 0.0161. The molecule has 0 saturated heterocycles. The predicted octanol–water partition coefficient (Wildman–Crippen LogP) is 5.06. The molecule has 3 rings (SSSR count). The number of rotatable bonds is 5. The van der Waals surface area contributed by atoms with Crippen molar-refractivity contribution in [3.05, 3.63) is 89.5 Å². The molecule has 0 unspecified atom stereocenters. The molecule has 3 aromatic rings. The van der Waals surface area contributed by atoms with E-state index in [4.69, 9.17) is 10.00 Å². The molecule has 0 aliphatic rings. The van der Waals surface area contributed by atoms with Gasteiger partial charge in [0.25, 0.3) is 0 Å². The first kappa shape index (κ1) is 18.9. The second kappa shape index (κ2) is 8.64. The zero-order valence-electron chi connectivity index (χ0n) is 14.6. The summed E-state index contributed by atoms with van der Waals surface area (Å²) in [6.07, 6.45) is 0. The van der Waals surface area contributed by atoms with Gasteiger partial charge < -0.3 is 15.4 Å². The Bertz CT molecular complexity index is 993. The Balaban J connectivity index is 1.53. The van der Waals surface area contributed by atoms with Gasteiger partial charge in [0.05, 0.1) is 11.6 Å². The third-order valence-electron chi connectivity index (χ3n) is 3.72. The summed E-state index contributed by atoms with van der Waals surface area (Å²) in [5.74, 6) is -0.910. The number of anilines is 2. The molecule has 0 radical (unpaired) electrons. The number of amides is 2. The van der Waals surface area contributed by atoms with Crippen LogP contribution in [0, 0.1) is 23.0 Å². The van der Waals surface area contributed by atoms with Gasteiger partial charge in [-0.05, 0) is 54.1 Å². The van der Waals surface area contributed by atoms with Gasteiger partial charge in [-0.15, -0.1) is 0 Å². The van der Waals surface area contributed by atoms with Crippen LogP contribution in [-0.4, -0.2) is 6.03 Å². The Hall–Kier alpha value is -3.92. The van der Waals surface area contributed by atoms with Crippen LogP contribution in [0.25, 0.3) is 0 Å². The number of hydrogen-bond donors (Lipinski definition) is 2. The molecule has 0 aliphatic heterocycles. The van der Waals surface area contributed by atoms with Crippen LogP contribution in [0.15, 0.2) is 66.7 Å². The van der Waals surface area contributed by atoms with Crippen LogP contribution < -0.4 is 15.4 Å². The third-order valence-corrected chi connectivity index (χ3v) is 3.72. The van der Waals surface area contributed by atoms with Crippen LogP contribution >= 0.6 is 0 Å². The fourth-order valence-electron chi connectivity index (χ4n) is 2.40. The molecule has 3 aromatic carbocycles. The highest BCUT2D eigenvalue weighted by atomic mass is 19.1. The number of nitrogens with one attached hydrogen (secondary N) is 2. The first-order chi connectivity index (χ1) is 13.5. The van der Waals surface area contributed by atoms with Crippen LogP contribution in [0.5, 0.6) is 5.75 Å². The van der Waals surface area contributed by atoms with Crippen molar-refractivity contribution in [3.8, 4) is 11.8 Å². The summed E-state index contributed by atoms with van der Waals surface area (Å²) in [6, 6.07) is 17.9. The second-order valence-electron chi connectivity index (χ2n) is 5.86. The largest absolute Gasteiger partial charge is 0.489 e. The van der Waals surface area contributed by atoms with E-state index in [-0.39, 0.29) is 5.69 Å². The normalized spacial score (nSPS) is 10.0. The van der Waals surface area contributed by atoms with E-state index in [1.807, 2.05) is 6.07 Å². The maximum absolute atomic E-state index is 13.1. The Morgan fingerprint density at radius 2 is 1.50 bits per heavy atom. The summed E-state index contributed by atoms with van der Waals surface area (Å²) in [7, 11) is 0. The van der Waals surface area contributed by atoms with Crippen molar-refractivity contribution in [3.63, 3.8) is 0 Å². The number of ether oxygens (including phenoxy) is 1. The van der Waals surface area contributed by atoms with Gasteiger partial charge in [0.1, 0.15) is 24.0 Å². The first-order valence-corrected chi connectivity index (χ1v) is 8.28. The lowest BCUT2D eigenvalue weighted by atomic mass is 10.2. The summed E-state index contributed by atoms with van der Waals surface area (Å²) in [5.41, 5.74) is 1.96. The number of carbonyl (C=O) groups is 1. The zero-order valence-corrected chi connectivity index (χ0v) is 14.6. The number of halogens is 2. The summed E-state index contributed by atoms with van der Waals surface area (Å²) >= 11 is 0. The van der Waals surface area contributed by atoms with Gasteiger partial charge in [-0.2, -0.15) is 5.26 Å². The van der Waals surface area contributed by atoms with Crippen molar-refractivity contribution >= 4 is 17.4 Å². The van der Waals surface area contributed by atoms with Crippen molar-refractivity contribution in [2.24, 2.45) is 0 Å². The molecule has 0 saturated carbocycles. The SMILES string of the molecule is N#Cc1ccc(OCc2ccc(NC(=O)Nc3cc(F)cc(F)c3)cc2)cc1. The maximum atomic E-state index is 13.1. The molecular formula is C21H15F2N3O2. The molecule has 2 amide bonds. The molecule has 28 heavy (non-hydrogen) atoms. The molecule has 5 nitrogen and oxygen atoms in total. The molecule has 0 bridgehead atoms. The third kappa shape index (κ3) is 5.29. The lowest BCUT2D eigenvalue weighted by Gasteiger charge is -2.09. The molecule has 2 N–H and O–H groups in total. The van der Waals surface area contributed by atoms with Gasteiger partial charge in [0.15, 0.2) is 0 Å². The van der Waals surface area contributed by atoms with E-state index in [2.05, 4.69) is 10.6 Å². The van der Waals surface area contributed by atoms with Gasteiger partial charge in [-0.3, -0.25) is 0 Å². The molecule has 0 aromatic heterocycles. The van der Waals surface area contributed by atoms with E-state index in [1.165, 1.54) is 0 Å². The van der Waals surface area contributed by atoms with Crippen LogP contribution in [-0.2, 0) is 6.61 Å². The summed E-state index contributed by atoms with van der Waals surface area (Å²) in [5, 5.41) is 13.7. The Kier molecular flexibility index (Phi) is 5.82. The number of nitriles is 1. The van der Waals surface area contributed by atoms with Gasteiger partial charge in [0.2, 0.25) is 0 Å². The smallest absolute Gasteiger partial charge is 0.323 e. The molecular weight excluding hydrogens is 364 g/mol. The number of nitrogens with zero attached hydrogens (tertiary/aromatic N) is 1. The van der Waals surface area contributed by atoms with E-state index in [1.54, 1.807) is 48.5 Å². The van der Waals surface area contributed by atoms with E-state index < -0.39 is 17.7 Å². The van der Waals surface area contributed by atoms with Crippen molar-refractivity contribution in [1.82, 2.24) is 0 Å². The molecule has 0 spiro atoms. The van der Waals surface area contributed by atoms with Crippen LogP contribution in [0.1, 0.15) is 11.1 Å². The summed E-state index contributed by atoms with van der Waals surface area (Å²) in [6.45, 7) is 0.320. The second-order valence-corrected chi connectivity index (χ2v) is 5.86. The fourth-order valence-corrected chi connectivity index (χ4v) is 2.40.